The summed E-state index contributed by atoms with van der Waals surface area (Å²) in [5.41, 5.74) is 0. The van der Waals surface area contributed by atoms with Crippen molar-refractivity contribution in [1.82, 2.24) is 4.90 Å². The third-order valence-electron chi connectivity index (χ3n) is 2.38. The van der Waals surface area contributed by atoms with Crippen LogP contribution < -0.4 is 0 Å². The molecule has 14 heavy (non-hydrogen) atoms. The summed E-state index contributed by atoms with van der Waals surface area (Å²) in [7, 11) is 0. The van der Waals surface area contributed by atoms with E-state index in [0.717, 1.165) is 6.42 Å². The van der Waals surface area contributed by atoms with E-state index < -0.39 is 0 Å². The van der Waals surface area contributed by atoms with Crippen LogP contribution >= 0.6 is 0 Å². The molecule has 0 aromatic rings. The summed E-state index contributed by atoms with van der Waals surface area (Å²) in [6, 6.07) is 3.53. The highest BCUT2D eigenvalue weighted by molar-refractivity contribution is 4.90. The molecule has 2 heteroatoms. The highest BCUT2D eigenvalue weighted by Crippen LogP contribution is 2.16. The molecule has 0 fully saturated rings. The van der Waals surface area contributed by atoms with Gasteiger partial charge in [0.15, 0.2) is 0 Å². The van der Waals surface area contributed by atoms with E-state index >= 15 is 0 Å². The molecular formula is C12H22N2. The molecule has 0 aliphatic rings. The normalized spacial score (nSPS) is 13.3. The Kier molecular flexibility index (Phi) is 6.23. The maximum absolute atomic E-state index is 8.76. The second-order valence-corrected chi connectivity index (χ2v) is 4.18. The van der Waals surface area contributed by atoms with Crippen LogP contribution in [0, 0.1) is 11.3 Å². The van der Waals surface area contributed by atoms with Gasteiger partial charge in [0.25, 0.3) is 0 Å². The Bertz CT molecular complexity index is 193. The van der Waals surface area contributed by atoms with E-state index in [0.29, 0.717) is 24.5 Å². The second-order valence-electron chi connectivity index (χ2n) is 4.18. The van der Waals surface area contributed by atoms with Crippen molar-refractivity contribution in [3.05, 3.63) is 12.7 Å². The topological polar surface area (TPSA) is 27.0 Å². The SMILES string of the molecule is C=CCC(CC#N)N(C(C)C)C(C)C. The zero-order valence-electron chi connectivity index (χ0n) is 9.83. The van der Waals surface area contributed by atoms with Gasteiger partial charge >= 0.3 is 0 Å². The summed E-state index contributed by atoms with van der Waals surface area (Å²) in [4.78, 5) is 2.38. The lowest BCUT2D eigenvalue weighted by Crippen LogP contribution is -2.44. The van der Waals surface area contributed by atoms with Gasteiger partial charge in [-0.3, -0.25) is 4.90 Å². The molecule has 0 aliphatic heterocycles. The van der Waals surface area contributed by atoms with Crippen LogP contribution in [0.25, 0.3) is 0 Å². The molecule has 1 atom stereocenters. The Morgan fingerprint density at radius 2 is 1.79 bits per heavy atom. The molecule has 1 unspecified atom stereocenters. The van der Waals surface area contributed by atoms with Crippen LogP contribution in [-0.2, 0) is 0 Å². The van der Waals surface area contributed by atoms with E-state index in [4.69, 9.17) is 5.26 Å². The summed E-state index contributed by atoms with van der Waals surface area (Å²) in [5, 5.41) is 8.76. The van der Waals surface area contributed by atoms with Crippen molar-refractivity contribution in [3.8, 4) is 6.07 Å². The number of rotatable bonds is 6. The van der Waals surface area contributed by atoms with Crippen molar-refractivity contribution in [2.75, 3.05) is 0 Å². The minimum absolute atomic E-state index is 0.317. The van der Waals surface area contributed by atoms with Crippen molar-refractivity contribution < 1.29 is 0 Å². The fourth-order valence-corrected chi connectivity index (χ4v) is 2.05. The first-order valence-electron chi connectivity index (χ1n) is 5.29. The first-order chi connectivity index (χ1) is 6.54. The van der Waals surface area contributed by atoms with Gasteiger partial charge in [-0.05, 0) is 34.1 Å². The van der Waals surface area contributed by atoms with Gasteiger partial charge in [-0.15, -0.1) is 6.58 Å². The quantitative estimate of drug-likeness (QED) is 0.608. The van der Waals surface area contributed by atoms with Gasteiger partial charge in [-0.25, -0.2) is 0 Å². The minimum atomic E-state index is 0.317. The first kappa shape index (κ1) is 13.2. The van der Waals surface area contributed by atoms with E-state index in [-0.39, 0.29) is 0 Å². The lowest BCUT2D eigenvalue weighted by Gasteiger charge is -2.36. The summed E-state index contributed by atoms with van der Waals surface area (Å²) in [6.07, 6.45) is 3.38. The summed E-state index contributed by atoms with van der Waals surface area (Å²) < 4.78 is 0. The van der Waals surface area contributed by atoms with Gasteiger partial charge in [-0.1, -0.05) is 6.08 Å². The van der Waals surface area contributed by atoms with Gasteiger partial charge in [0.2, 0.25) is 0 Å². The van der Waals surface area contributed by atoms with Crippen molar-refractivity contribution in [2.45, 2.75) is 58.7 Å². The van der Waals surface area contributed by atoms with Crippen LogP contribution in [0.3, 0.4) is 0 Å². The maximum atomic E-state index is 8.76. The van der Waals surface area contributed by atoms with Crippen molar-refractivity contribution in [2.24, 2.45) is 0 Å². The fraction of sp³-hybridized carbons (Fsp3) is 0.750. The van der Waals surface area contributed by atoms with E-state index in [1.54, 1.807) is 0 Å². The molecule has 0 aromatic carbocycles. The molecule has 0 rings (SSSR count). The molecule has 0 heterocycles. The smallest absolute Gasteiger partial charge is 0.0638 e. The van der Waals surface area contributed by atoms with E-state index in [1.807, 2.05) is 6.08 Å². The van der Waals surface area contributed by atoms with E-state index in [1.165, 1.54) is 0 Å². The molecule has 0 aromatic heterocycles. The van der Waals surface area contributed by atoms with Crippen LogP contribution in [0.2, 0.25) is 0 Å². The third-order valence-corrected chi connectivity index (χ3v) is 2.38. The number of hydrogen-bond donors (Lipinski definition) is 0. The van der Waals surface area contributed by atoms with Gasteiger partial charge < -0.3 is 0 Å². The molecular weight excluding hydrogens is 172 g/mol. The second kappa shape index (κ2) is 6.62. The van der Waals surface area contributed by atoms with Crippen LogP contribution in [0.15, 0.2) is 12.7 Å². The largest absolute Gasteiger partial charge is 0.294 e. The molecule has 0 aliphatic carbocycles. The average molecular weight is 194 g/mol. The predicted octanol–water partition coefficient (Wildman–Crippen LogP) is 2.96. The first-order valence-corrected chi connectivity index (χ1v) is 5.29. The molecule has 0 radical (unpaired) electrons. The predicted molar refractivity (Wildman–Crippen MR) is 60.9 cm³/mol. The van der Waals surface area contributed by atoms with Gasteiger partial charge in [0.1, 0.15) is 0 Å². The van der Waals surface area contributed by atoms with Crippen LogP contribution in [-0.4, -0.2) is 23.0 Å². The lowest BCUT2D eigenvalue weighted by molar-refractivity contribution is 0.115. The number of hydrogen-bond acceptors (Lipinski definition) is 2. The molecule has 0 saturated carbocycles. The van der Waals surface area contributed by atoms with Crippen molar-refractivity contribution >= 4 is 0 Å². The summed E-state index contributed by atoms with van der Waals surface area (Å²) in [6.45, 7) is 12.4. The Morgan fingerprint density at radius 3 is 2.07 bits per heavy atom. The van der Waals surface area contributed by atoms with Gasteiger partial charge in [0.05, 0.1) is 12.5 Å². The van der Waals surface area contributed by atoms with Crippen LogP contribution in [0.5, 0.6) is 0 Å². The van der Waals surface area contributed by atoms with Crippen LogP contribution in [0.4, 0.5) is 0 Å². The Hall–Kier alpha value is -0.810. The fourth-order valence-electron chi connectivity index (χ4n) is 2.05. The van der Waals surface area contributed by atoms with E-state index in [2.05, 4.69) is 45.2 Å². The minimum Gasteiger partial charge on any atom is -0.294 e. The van der Waals surface area contributed by atoms with Gasteiger partial charge in [-0.2, -0.15) is 5.26 Å². The molecule has 0 N–H and O–H groups in total. The lowest BCUT2D eigenvalue weighted by atomic mass is 10.0. The van der Waals surface area contributed by atoms with Gasteiger partial charge in [0, 0.05) is 18.1 Å². The summed E-state index contributed by atoms with van der Waals surface area (Å²) >= 11 is 0. The number of nitrogens with zero attached hydrogens (tertiary/aromatic N) is 2. The summed E-state index contributed by atoms with van der Waals surface area (Å²) in [5.74, 6) is 0. The maximum Gasteiger partial charge on any atom is 0.0638 e. The zero-order chi connectivity index (χ0) is 11.1. The molecule has 80 valence electrons. The molecule has 0 spiro atoms. The van der Waals surface area contributed by atoms with Crippen molar-refractivity contribution in [1.29, 1.82) is 5.26 Å². The zero-order valence-corrected chi connectivity index (χ0v) is 9.83. The highest BCUT2D eigenvalue weighted by atomic mass is 15.2. The van der Waals surface area contributed by atoms with Crippen molar-refractivity contribution in [3.63, 3.8) is 0 Å². The molecule has 0 amide bonds. The van der Waals surface area contributed by atoms with Crippen LogP contribution in [0.1, 0.15) is 40.5 Å². The highest BCUT2D eigenvalue weighted by Gasteiger charge is 2.22. The monoisotopic (exact) mass is 194 g/mol. The standard InChI is InChI=1S/C12H22N2/c1-6-7-12(8-9-13)14(10(2)3)11(4)5/h6,10-12H,1,7-8H2,2-5H3. The third kappa shape index (κ3) is 3.93. The molecule has 2 nitrogen and oxygen atoms in total. The van der Waals surface area contributed by atoms with E-state index in [9.17, 15) is 0 Å². The Morgan fingerprint density at radius 1 is 1.29 bits per heavy atom. The number of nitriles is 1. The molecule has 0 bridgehead atoms. The Labute approximate surface area is 88.2 Å². The average Bonchev–Trinajstić information content (AvgIpc) is 2.03. The molecule has 0 saturated heterocycles. The Balaban J connectivity index is 4.55.